The SMILES string of the molecule is Cc1ccn2c(=O)c([N+](=O)[O-])c(C=C3COC(C)(C)OC3)nc2c1. The van der Waals surface area contributed by atoms with Crippen LogP contribution in [0.5, 0.6) is 0 Å². The van der Waals surface area contributed by atoms with Crippen LogP contribution in [0.3, 0.4) is 0 Å². The number of ether oxygens (including phenoxy) is 2. The molecule has 0 spiro atoms. The molecule has 0 atom stereocenters. The second-order valence-corrected chi connectivity index (χ2v) is 6.12. The van der Waals surface area contributed by atoms with Gasteiger partial charge in [-0.05, 0) is 50.1 Å². The van der Waals surface area contributed by atoms with Gasteiger partial charge in [-0.15, -0.1) is 0 Å². The summed E-state index contributed by atoms with van der Waals surface area (Å²) in [4.78, 5) is 27.4. The van der Waals surface area contributed by atoms with Gasteiger partial charge < -0.3 is 9.47 Å². The van der Waals surface area contributed by atoms with Crippen LogP contribution in [-0.4, -0.2) is 33.3 Å². The molecule has 3 heterocycles. The normalized spacial score (nSPS) is 17.0. The molecule has 0 bridgehead atoms. The van der Waals surface area contributed by atoms with Crippen LogP contribution < -0.4 is 5.56 Å². The lowest BCUT2D eigenvalue weighted by molar-refractivity contribution is -0.386. The van der Waals surface area contributed by atoms with E-state index in [1.165, 1.54) is 16.7 Å². The van der Waals surface area contributed by atoms with Crippen molar-refractivity contribution in [3.63, 3.8) is 0 Å². The van der Waals surface area contributed by atoms with E-state index in [0.717, 1.165) is 5.56 Å². The molecule has 2 aromatic heterocycles. The molecule has 1 saturated heterocycles. The van der Waals surface area contributed by atoms with Crippen LogP contribution in [-0.2, 0) is 9.47 Å². The molecule has 0 saturated carbocycles. The highest BCUT2D eigenvalue weighted by molar-refractivity contribution is 5.62. The summed E-state index contributed by atoms with van der Waals surface area (Å²) in [7, 11) is 0. The van der Waals surface area contributed by atoms with Crippen LogP contribution in [0.15, 0.2) is 28.7 Å². The van der Waals surface area contributed by atoms with Gasteiger partial charge in [0, 0.05) is 6.20 Å². The second-order valence-electron chi connectivity index (χ2n) is 6.12. The molecule has 1 fully saturated rings. The van der Waals surface area contributed by atoms with E-state index in [4.69, 9.17) is 9.47 Å². The molecule has 2 aromatic rings. The summed E-state index contributed by atoms with van der Waals surface area (Å²) >= 11 is 0. The number of nitro groups is 1. The lowest BCUT2D eigenvalue weighted by Crippen LogP contribution is -2.35. The first-order valence-electron chi connectivity index (χ1n) is 7.41. The average Bonchev–Trinajstić information content (AvgIpc) is 2.48. The summed E-state index contributed by atoms with van der Waals surface area (Å²) in [5, 5.41) is 11.4. The van der Waals surface area contributed by atoms with Crippen LogP contribution in [0.2, 0.25) is 0 Å². The Balaban J connectivity index is 2.14. The smallest absolute Gasteiger partial charge is 0.346 e. The van der Waals surface area contributed by atoms with Gasteiger partial charge in [-0.1, -0.05) is 0 Å². The molecular weight excluding hydrogens is 314 g/mol. The Morgan fingerprint density at radius 2 is 2.04 bits per heavy atom. The lowest BCUT2D eigenvalue weighted by Gasteiger charge is -2.31. The van der Waals surface area contributed by atoms with Gasteiger partial charge in [0.15, 0.2) is 5.79 Å². The van der Waals surface area contributed by atoms with E-state index in [2.05, 4.69) is 4.98 Å². The predicted octanol–water partition coefficient (Wildman–Crippen LogP) is 2.08. The molecule has 0 unspecified atom stereocenters. The van der Waals surface area contributed by atoms with E-state index in [-0.39, 0.29) is 18.9 Å². The van der Waals surface area contributed by atoms with Gasteiger partial charge in [0.25, 0.3) is 0 Å². The van der Waals surface area contributed by atoms with Gasteiger partial charge in [-0.25, -0.2) is 4.98 Å². The summed E-state index contributed by atoms with van der Waals surface area (Å²) in [6, 6.07) is 3.40. The van der Waals surface area contributed by atoms with Crippen LogP contribution in [0.1, 0.15) is 25.1 Å². The molecule has 8 nitrogen and oxygen atoms in total. The van der Waals surface area contributed by atoms with E-state index in [1.54, 1.807) is 26.0 Å². The second kappa shape index (κ2) is 5.81. The largest absolute Gasteiger partial charge is 0.359 e. The van der Waals surface area contributed by atoms with E-state index in [9.17, 15) is 14.9 Å². The Bertz CT molecular complexity index is 902. The highest BCUT2D eigenvalue weighted by Gasteiger charge is 2.27. The fourth-order valence-electron chi connectivity index (χ4n) is 2.41. The van der Waals surface area contributed by atoms with E-state index >= 15 is 0 Å². The highest BCUT2D eigenvalue weighted by Crippen LogP contribution is 2.23. The average molecular weight is 331 g/mol. The minimum Gasteiger partial charge on any atom is -0.346 e. The van der Waals surface area contributed by atoms with Gasteiger partial charge in [0.05, 0.1) is 18.1 Å². The first-order chi connectivity index (χ1) is 11.3. The zero-order valence-electron chi connectivity index (χ0n) is 13.6. The van der Waals surface area contributed by atoms with Crippen molar-refractivity contribution in [1.29, 1.82) is 0 Å². The minimum absolute atomic E-state index is 0.0116. The van der Waals surface area contributed by atoms with Crippen molar-refractivity contribution in [3.8, 4) is 0 Å². The third-order valence-corrected chi connectivity index (χ3v) is 3.72. The molecule has 24 heavy (non-hydrogen) atoms. The molecule has 0 aromatic carbocycles. The minimum atomic E-state index is -0.713. The molecule has 3 rings (SSSR count). The first kappa shape index (κ1) is 16.3. The maximum absolute atomic E-state index is 12.4. The Hall–Kier alpha value is -2.58. The van der Waals surface area contributed by atoms with Crippen molar-refractivity contribution in [2.24, 2.45) is 0 Å². The molecule has 8 heteroatoms. The van der Waals surface area contributed by atoms with Crippen LogP contribution in [0, 0.1) is 17.0 Å². The summed E-state index contributed by atoms with van der Waals surface area (Å²) in [5.74, 6) is -0.698. The number of fused-ring (bicyclic) bond motifs is 1. The Kier molecular flexibility index (Phi) is 3.94. The third-order valence-electron chi connectivity index (χ3n) is 3.72. The number of hydrogen-bond donors (Lipinski definition) is 0. The van der Waals surface area contributed by atoms with E-state index in [1.807, 2.05) is 6.92 Å². The zero-order chi connectivity index (χ0) is 17.5. The predicted molar refractivity (Wildman–Crippen MR) is 86.8 cm³/mol. The van der Waals surface area contributed by atoms with Gasteiger partial charge in [-0.3, -0.25) is 19.3 Å². The summed E-state index contributed by atoms with van der Waals surface area (Å²) in [5.41, 5.74) is 0.679. The zero-order valence-corrected chi connectivity index (χ0v) is 13.6. The molecule has 1 aliphatic rings. The number of hydrogen-bond acceptors (Lipinski definition) is 6. The fraction of sp³-hybridized carbons (Fsp3) is 0.375. The van der Waals surface area contributed by atoms with Crippen molar-refractivity contribution in [1.82, 2.24) is 9.38 Å². The van der Waals surface area contributed by atoms with Crippen molar-refractivity contribution in [2.45, 2.75) is 26.6 Å². The van der Waals surface area contributed by atoms with Crippen molar-refractivity contribution < 1.29 is 14.4 Å². The Morgan fingerprint density at radius 1 is 1.38 bits per heavy atom. The van der Waals surface area contributed by atoms with E-state index < -0.39 is 22.0 Å². The number of rotatable bonds is 2. The fourth-order valence-corrected chi connectivity index (χ4v) is 2.41. The lowest BCUT2D eigenvalue weighted by atomic mass is 10.2. The van der Waals surface area contributed by atoms with Gasteiger partial charge >= 0.3 is 11.2 Å². The number of nitrogens with zero attached hydrogens (tertiary/aromatic N) is 3. The van der Waals surface area contributed by atoms with Gasteiger partial charge in [0.1, 0.15) is 11.3 Å². The monoisotopic (exact) mass is 331 g/mol. The Labute approximate surface area is 137 Å². The molecule has 0 aliphatic carbocycles. The molecule has 0 N–H and O–H groups in total. The summed E-state index contributed by atoms with van der Waals surface area (Å²) < 4.78 is 12.2. The van der Waals surface area contributed by atoms with Crippen LogP contribution in [0.25, 0.3) is 11.7 Å². The number of aryl methyl sites for hydroxylation is 1. The number of pyridine rings is 1. The Morgan fingerprint density at radius 3 is 2.67 bits per heavy atom. The van der Waals surface area contributed by atoms with Crippen molar-refractivity contribution in [2.75, 3.05) is 13.2 Å². The molecule has 1 aliphatic heterocycles. The first-order valence-corrected chi connectivity index (χ1v) is 7.41. The van der Waals surface area contributed by atoms with Crippen molar-refractivity contribution >= 4 is 17.4 Å². The molecular formula is C16H17N3O5. The third kappa shape index (κ3) is 3.06. The standard InChI is InChI=1S/C16H17N3O5/c1-10-4-5-18-13(6-10)17-12(14(15(18)20)19(21)22)7-11-8-23-16(2,3)24-9-11/h4-7H,8-9H2,1-3H3. The molecule has 0 amide bonds. The molecule has 126 valence electrons. The maximum atomic E-state index is 12.4. The quantitative estimate of drug-likeness (QED) is 0.617. The highest BCUT2D eigenvalue weighted by atomic mass is 16.7. The summed E-state index contributed by atoms with van der Waals surface area (Å²) in [6.45, 7) is 5.96. The molecule has 0 radical (unpaired) electrons. The maximum Gasteiger partial charge on any atom is 0.359 e. The van der Waals surface area contributed by atoms with Gasteiger partial charge in [0.2, 0.25) is 0 Å². The van der Waals surface area contributed by atoms with Crippen LogP contribution >= 0.6 is 0 Å². The summed E-state index contributed by atoms with van der Waals surface area (Å²) in [6.07, 6.45) is 2.98. The van der Waals surface area contributed by atoms with Gasteiger partial charge in [-0.2, -0.15) is 0 Å². The van der Waals surface area contributed by atoms with Crippen molar-refractivity contribution in [3.05, 3.63) is 55.6 Å². The van der Waals surface area contributed by atoms with E-state index in [0.29, 0.717) is 11.2 Å². The number of aromatic nitrogens is 2. The topological polar surface area (TPSA) is 96.0 Å². The van der Waals surface area contributed by atoms with Crippen LogP contribution in [0.4, 0.5) is 5.69 Å².